The van der Waals surface area contributed by atoms with Gasteiger partial charge in [0.2, 0.25) is 5.91 Å². The number of hydrogen-bond donors (Lipinski definition) is 2. The first-order chi connectivity index (χ1) is 9.95. The van der Waals surface area contributed by atoms with Crippen LogP contribution in [0.4, 0.5) is 5.00 Å². The van der Waals surface area contributed by atoms with Crippen molar-refractivity contribution in [2.24, 2.45) is 0 Å². The van der Waals surface area contributed by atoms with Gasteiger partial charge in [0.1, 0.15) is 5.00 Å². The Morgan fingerprint density at radius 1 is 1.24 bits per heavy atom. The first kappa shape index (κ1) is 15.3. The highest BCUT2D eigenvalue weighted by atomic mass is 32.1. The van der Waals surface area contributed by atoms with Gasteiger partial charge in [0.15, 0.2) is 0 Å². The summed E-state index contributed by atoms with van der Waals surface area (Å²) in [7, 11) is 0. The Balaban J connectivity index is 1.97. The number of aryl methyl sites for hydroxylation is 3. The Bertz CT molecular complexity index is 676. The summed E-state index contributed by atoms with van der Waals surface area (Å²) in [6, 6.07) is 9.58. The van der Waals surface area contributed by atoms with Crippen LogP contribution in [0.25, 0.3) is 0 Å². The van der Waals surface area contributed by atoms with E-state index in [4.69, 9.17) is 5.11 Å². The molecule has 0 saturated heterocycles. The number of carbonyl (C=O) groups is 2. The van der Waals surface area contributed by atoms with Gasteiger partial charge in [-0.05, 0) is 31.9 Å². The summed E-state index contributed by atoms with van der Waals surface area (Å²) in [5, 5.41) is 12.2. The van der Waals surface area contributed by atoms with Crippen molar-refractivity contribution in [3.8, 4) is 0 Å². The van der Waals surface area contributed by atoms with Crippen molar-refractivity contribution in [3.05, 3.63) is 51.9 Å². The van der Waals surface area contributed by atoms with Crippen molar-refractivity contribution in [2.45, 2.75) is 26.7 Å². The highest BCUT2D eigenvalue weighted by Crippen LogP contribution is 2.27. The topological polar surface area (TPSA) is 66.4 Å². The SMILES string of the molecule is Cc1cccc(CCC(=O)Nc2sc(C)cc2C(=O)O)c1. The quantitative estimate of drug-likeness (QED) is 0.886. The van der Waals surface area contributed by atoms with E-state index in [1.165, 1.54) is 11.3 Å². The van der Waals surface area contributed by atoms with E-state index >= 15 is 0 Å². The van der Waals surface area contributed by atoms with Gasteiger partial charge in [-0.15, -0.1) is 11.3 Å². The van der Waals surface area contributed by atoms with Crippen LogP contribution in [0.1, 0.15) is 32.8 Å². The number of aromatic carboxylic acids is 1. The molecule has 0 atom stereocenters. The van der Waals surface area contributed by atoms with Crippen molar-refractivity contribution < 1.29 is 14.7 Å². The van der Waals surface area contributed by atoms with Crippen molar-refractivity contribution in [1.82, 2.24) is 0 Å². The van der Waals surface area contributed by atoms with E-state index in [1.54, 1.807) is 6.07 Å². The van der Waals surface area contributed by atoms with Gasteiger partial charge in [0.25, 0.3) is 0 Å². The van der Waals surface area contributed by atoms with Crippen molar-refractivity contribution in [2.75, 3.05) is 5.32 Å². The fourth-order valence-electron chi connectivity index (χ4n) is 2.08. The molecule has 0 unspecified atom stereocenters. The molecule has 2 rings (SSSR count). The van der Waals surface area contributed by atoms with Crippen LogP contribution in [0.5, 0.6) is 0 Å². The minimum atomic E-state index is -1.02. The van der Waals surface area contributed by atoms with Gasteiger partial charge >= 0.3 is 5.97 Å². The Kier molecular flexibility index (Phi) is 4.75. The minimum absolute atomic E-state index is 0.154. The highest BCUT2D eigenvalue weighted by molar-refractivity contribution is 7.16. The fraction of sp³-hybridized carbons (Fsp3) is 0.250. The third kappa shape index (κ3) is 4.16. The van der Waals surface area contributed by atoms with Gasteiger partial charge in [-0.2, -0.15) is 0 Å². The Morgan fingerprint density at radius 2 is 2.00 bits per heavy atom. The normalized spacial score (nSPS) is 10.4. The molecule has 2 aromatic rings. The summed E-state index contributed by atoms with van der Waals surface area (Å²) >= 11 is 1.28. The number of carbonyl (C=O) groups excluding carboxylic acids is 1. The van der Waals surface area contributed by atoms with E-state index in [0.717, 1.165) is 16.0 Å². The van der Waals surface area contributed by atoms with E-state index in [2.05, 4.69) is 5.32 Å². The van der Waals surface area contributed by atoms with Gasteiger partial charge in [-0.25, -0.2) is 4.79 Å². The summed E-state index contributed by atoms with van der Waals surface area (Å²) in [6.45, 7) is 3.83. The molecule has 4 nitrogen and oxygen atoms in total. The lowest BCUT2D eigenvalue weighted by Crippen LogP contribution is -2.13. The van der Waals surface area contributed by atoms with Crippen LogP contribution in [0.15, 0.2) is 30.3 Å². The zero-order valence-corrected chi connectivity index (χ0v) is 12.8. The molecular weight excluding hydrogens is 286 g/mol. The maximum Gasteiger partial charge on any atom is 0.338 e. The molecule has 21 heavy (non-hydrogen) atoms. The van der Waals surface area contributed by atoms with E-state index in [1.807, 2.05) is 38.1 Å². The molecule has 0 saturated carbocycles. The summed E-state index contributed by atoms with van der Waals surface area (Å²) in [5.41, 5.74) is 2.42. The number of anilines is 1. The molecule has 110 valence electrons. The molecule has 0 aliphatic carbocycles. The maximum absolute atomic E-state index is 12.0. The first-order valence-corrected chi connectivity index (χ1v) is 7.46. The molecule has 5 heteroatoms. The molecule has 0 aliphatic rings. The monoisotopic (exact) mass is 303 g/mol. The van der Waals surface area contributed by atoms with Gasteiger partial charge in [-0.1, -0.05) is 29.8 Å². The van der Waals surface area contributed by atoms with Crippen molar-refractivity contribution in [1.29, 1.82) is 0 Å². The molecule has 1 amide bonds. The second-order valence-electron chi connectivity index (χ2n) is 4.94. The fourth-order valence-corrected chi connectivity index (χ4v) is 3.00. The molecule has 0 bridgehead atoms. The Labute approximate surface area is 127 Å². The average Bonchev–Trinajstić information content (AvgIpc) is 2.77. The highest BCUT2D eigenvalue weighted by Gasteiger charge is 2.15. The molecule has 0 radical (unpaired) electrons. The largest absolute Gasteiger partial charge is 0.478 e. The van der Waals surface area contributed by atoms with Gasteiger partial charge < -0.3 is 10.4 Å². The number of carboxylic acids is 1. The third-order valence-electron chi connectivity index (χ3n) is 3.06. The zero-order valence-electron chi connectivity index (χ0n) is 12.0. The van der Waals surface area contributed by atoms with Crippen LogP contribution in [0.3, 0.4) is 0 Å². The van der Waals surface area contributed by atoms with E-state index in [9.17, 15) is 9.59 Å². The average molecular weight is 303 g/mol. The molecule has 1 aromatic carbocycles. The Morgan fingerprint density at radius 3 is 2.67 bits per heavy atom. The molecule has 0 aliphatic heterocycles. The summed E-state index contributed by atoms with van der Waals surface area (Å²) < 4.78 is 0. The van der Waals surface area contributed by atoms with Crippen molar-refractivity contribution in [3.63, 3.8) is 0 Å². The second-order valence-corrected chi connectivity index (χ2v) is 6.20. The van der Waals surface area contributed by atoms with Crippen molar-refractivity contribution >= 4 is 28.2 Å². The molecule has 0 fully saturated rings. The smallest absolute Gasteiger partial charge is 0.338 e. The van der Waals surface area contributed by atoms with Crippen LogP contribution < -0.4 is 5.32 Å². The molecule has 0 spiro atoms. The predicted molar refractivity (Wildman–Crippen MR) is 84.1 cm³/mol. The molecule has 1 aromatic heterocycles. The first-order valence-electron chi connectivity index (χ1n) is 6.65. The lowest BCUT2D eigenvalue weighted by Gasteiger charge is -2.05. The number of rotatable bonds is 5. The van der Waals surface area contributed by atoms with Crippen LogP contribution in [0, 0.1) is 13.8 Å². The van der Waals surface area contributed by atoms with Gasteiger partial charge in [-0.3, -0.25) is 4.79 Å². The lowest BCUT2D eigenvalue weighted by atomic mass is 10.1. The molecular formula is C16H17NO3S. The number of nitrogens with one attached hydrogen (secondary N) is 1. The van der Waals surface area contributed by atoms with Crippen LogP contribution in [-0.2, 0) is 11.2 Å². The van der Waals surface area contributed by atoms with Crippen LogP contribution in [0.2, 0.25) is 0 Å². The van der Waals surface area contributed by atoms with E-state index < -0.39 is 5.97 Å². The number of carboxylic acid groups (broad SMARTS) is 1. The Hall–Kier alpha value is -2.14. The van der Waals surface area contributed by atoms with Gasteiger partial charge in [0, 0.05) is 11.3 Å². The predicted octanol–water partition coefficient (Wildman–Crippen LogP) is 3.63. The number of thiophene rings is 1. The van der Waals surface area contributed by atoms with E-state index in [-0.39, 0.29) is 11.5 Å². The summed E-state index contributed by atoms with van der Waals surface area (Å²) in [4.78, 5) is 23.9. The lowest BCUT2D eigenvalue weighted by molar-refractivity contribution is -0.116. The standard InChI is InChI=1S/C16H17NO3S/c1-10-4-3-5-12(8-10)6-7-14(18)17-15-13(16(19)20)9-11(2)21-15/h3-5,8-9H,6-7H2,1-2H3,(H,17,18)(H,19,20). The molecule has 1 heterocycles. The minimum Gasteiger partial charge on any atom is -0.478 e. The maximum atomic E-state index is 12.0. The van der Waals surface area contributed by atoms with Gasteiger partial charge in [0.05, 0.1) is 5.56 Å². The second kappa shape index (κ2) is 6.54. The number of hydrogen-bond acceptors (Lipinski definition) is 3. The van der Waals surface area contributed by atoms with Crippen LogP contribution in [-0.4, -0.2) is 17.0 Å². The van der Waals surface area contributed by atoms with E-state index in [0.29, 0.717) is 17.8 Å². The number of benzene rings is 1. The molecule has 2 N–H and O–H groups in total. The van der Waals surface area contributed by atoms with Crippen LogP contribution >= 0.6 is 11.3 Å². The number of amides is 1. The zero-order chi connectivity index (χ0) is 15.4. The summed E-state index contributed by atoms with van der Waals surface area (Å²) in [6.07, 6.45) is 0.972. The summed E-state index contributed by atoms with van der Waals surface area (Å²) in [5.74, 6) is -1.19. The third-order valence-corrected chi connectivity index (χ3v) is 4.03.